The van der Waals surface area contributed by atoms with Crippen LogP contribution in [0.25, 0.3) is 0 Å². The lowest BCUT2D eigenvalue weighted by Gasteiger charge is -2.11. The number of nitrogens with two attached hydrogens (primary N) is 1. The first-order valence-electron chi connectivity index (χ1n) is 6.00. The van der Waals surface area contributed by atoms with E-state index in [1.807, 2.05) is 6.07 Å². The molecule has 1 aliphatic heterocycles. The maximum atomic E-state index is 11.0. The summed E-state index contributed by atoms with van der Waals surface area (Å²) in [6.45, 7) is 1.98. The first-order chi connectivity index (χ1) is 8.25. The number of anilines is 1. The van der Waals surface area contributed by atoms with Gasteiger partial charge in [0.05, 0.1) is 0 Å². The zero-order valence-electron chi connectivity index (χ0n) is 9.78. The van der Waals surface area contributed by atoms with E-state index in [0.29, 0.717) is 17.6 Å². The average Bonchev–Trinajstić information content (AvgIpc) is 2.82. The lowest BCUT2D eigenvalue weighted by Crippen LogP contribution is -2.24. The van der Waals surface area contributed by atoms with Crippen molar-refractivity contribution in [3.8, 4) is 0 Å². The van der Waals surface area contributed by atoms with Crippen LogP contribution in [-0.4, -0.2) is 30.0 Å². The predicted molar refractivity (Wildman–Crippen MR) is 66.9 cm³/mol. The third-order valence-corrected chi connectivity index (χ3v) is 2.96. The topological polar surface area (TPSA) is 80.0 Å². The minimum Gasteiger partial charge on any atom is -0.370 e. The highest BCUT2D eigenvalue weighted by Gasteiger charge is 2.13. The summed E-state index contributed by atoms with van der Waals surface area (Å²) in [5.74, 6) is 0.213. The molecule has 1 saturated heterocycles. The number of pyridine rings is 1. The second-order valence-corrected chi connectivity index (χ2v) is 4.28. The van der Waals surface area contributed by atoms with Crippen LogP contribution in [0.3, 0.4) is 0 Å². The van der Waals surface area contributed by atoms with Crippen molar-refractivity contribution < 1.29 is 4.79 Å². The molecule has 1 fully saturated rings. The molecule has 17 heavy (non-hydrogen) atoms. The summed E-state index contributed by atoms with van der Waals surface area (Å²) < 4.78 is 0. The van der Waals surface area contributed by atoms with Gasteiger partial charge in [-0.05, 0) is 37.9 Å². The molecule has 4 N–H and O–H groups in total. The van der Waals surface area contributed by atoms with Gasteiger partial charge in [0.25, 0.3) is 5.91 Å². The third-order valence-electron chi connectivity index (χ3n) is 2.96. The van der Waals surface area contributed by atoms with Crippen LogP contribution in [-0.2, 0) is 0 Å². The molecular weight excluding hydrogens is 216 g/mol. The summed E-state index contributed by atoms with van der Waals surface area (Å²) in [7, 11) is 0. The van der Waals surface area contributed by atoms with Crippen molar-refractivity contribution in [3.05, 3.63) is 23.9 Å². The lowest BCUT2D eigenvalue weighted by molar-refractivity contribution is 0.0995. The maximum Gasteiger partial charge on any atom is 0.267 e. The molecule has 1 atom stereocenters. The van der Waals surface area contributed by atoms with E-state index in [1.54, 1.807) is 12.1 Å². The second-order valence-electron chi connectivity index (χ2n) is 4.28. The molecule has 2 heterocycles. The van der Waals surface area contributed by atoms with Gasteiger partial charge < -0.3 is 16.4 Å². The highest BCUT2D eigenvalue weighted by molar-refractivity contribution is 5.91. The van der Waals surface area contributed by atoms with E-state index in [4.69, 9.17) is 5.73 Å². The summed E-state index contributed by atoms with van der Waals surface area (Å²) in [6.07, 6.45) is 3.58. The Morgan fingerprint density at radius 1 is 1.59 bits per heavy atom. The molecule has 1 aromatic heterocycles. The number of primary amides is 1. The Morgan fingerprint density at radius 2 is 2.47 bits per heavy atom. The maximum absolute atomic E-state index is 11.0. The number of carbonyl (C=O) groups is 1. The Labute approximate surface area is 101 Å². The molecule has 1 aromatic rings. The molecule has 5 heteroatoms. The van der Waals surface area contributed by atoms with Gasteiger partial charge in [-0.15, -0.1) is 0 Å². The standard InChI is InChI=1S/C12H18N4O/c13-12(17)10-4-1-5-11(16-10)15-8-6-9-3-2-7-14-9/h1,4-5,9,14H,2-3,6-8H2,(H2,13,17)(H,15,16). The van der Waals surface area contributed by atoms with Gasteiger partial charge in [0.1, 0.15) is 11.5 Å². The van der Waals surface area contributed by atoms with Gasteiger partial charge in [0, 0.05) is 12.6 Å². The number of rotatable bonds is 5. The molecule has 1 aliphatic rings. The summed E-state index contributed by atoms with van der Waals surface area (Å²) in [4.78, 5) is 15.1. The van der Waals surface area contributed by atoms with Crippen LogP contribution >= 0.6 is 0 Å². The number of hydrogen-bond donors (Lipinski definition) is 3. The van der Waals surface area contributed by atoms with Crippen LogP contribution in [0.2, 0.25) is 0 Å². The van der Waals surface area contributed by atoms with Crippen molar-refractivity contribution in [2.45, 2.75) is 25.3 Å². The van der Waals surface area contributed by atoms with E-state index >= 15 is 0 Å². The molecule has 2 rings (SSSR count). The first kappa shape index (κ1) is 11.9. The molecule has 92 valence electrons. The van der Waals surface area contributed by atoms with Crippen molar-refractivity contribution >= 4 is 11.7 Å². The fraction of sp³-hybridized carbons (Fsp3) is 0.500. The van der Waals surface area contributed by atoms with E-state index in [-0.39, 0.29) is 0 Å². The van der Waals surface area contributed by atoms with Crippen molar-refractivity contribution in [1.29, 1.82) is 0 Å². The Hall–Kier alpha value is -1.62. The molecule has 0 saturated carbocycles. The van der Waals surface area contributed by atoms with Crippen LogP contribution in [0.4, 0.5) is 5.82 Å². The first-order valence-corrected chi connectivity index (χ1v) is 6.00. The summed E-state index contributed by atoms with van der Waals surface area (Å²) >= 11 is 0. The number of aromatic nitrogens is 1. The molecule has 1 unspecified atom stereocenters. The molecule has 0 bridgehead atoms. The molecular formula is C12H18N4O. The highest BCUT2D eigenvalue weighted by Crippen LogP contribution is 2.09. The van der Waals surface area contributed by atoms with Crippen LogP contribution < -0.4 is 16.4 Å². The minimum absolute atomic E-state index is 0.300. The van der Waals surface area contributed by atoms with Crippen molar-refractivity contribution in [2.75, 3.05) is 18.4 Å². The normalized spacial score (nSPS) is 19.2. The molecule has 0 spiro atoms. The molecule has 0 aromatic carbocycles. The quantitative estimate of drug-likeness (QED) is 0.702. The average molecular weight is 234 g/mol. The van der Waals surface area contributed by atoms with Gasteiger partial charge in [-0.25, -0.2) is 4.98 Å². The van der Waals surface area contributed by atoms with E-state index in [1.165, 1.54) is 12.8 Å². The predicted octanol–water partition coefficient (Wildman–Crippen LogP) is 0.734. The van der Waals surface area contributed by atoms with Crippen molar-refractivity contribution in [3.63, 3.8) is 0 Å². The Kier molecular flexibility index (Phi) is 3.93. The molecule has 1 amide bonds. The number of carbonyl (C=O) groups excluding carboxylic acids is 1. The third kappa shape index (κ3) is 3.42. The number of nitrogens with zero attached hydrogens (tertiary/aromatic N) is 1. The van der Waals surface area contributed by atoms with Crippen LogP contribution in [0.15, 0.2) is 18.2 Å². The SMILES string of the molecule is NC(=O)c1cccc(NCCC2CCCN2)n1. The Morgan fingerprint density at radius 3 is 3.18 bits per heavy atom. The van der Waals surface area contributed by atoms with E-state index in [2.05, 4.69) is 15.6 Å². The van der Waals surface area contributed by atoms with Crippen LogP contribution in [0.1, 0.15) is 29.8 Å². The molecule has 0 aliphatic carbocycles. The van der Waals surface area contributed by atoms with E-state index in [9.17, 15) is 4.79 Å². The Bertz CT molecular complexity index is 388. The summed E-state index contributed by atoms with van der Waals surface area (Å²) in [5, 5.41) is 6.65. The van der Waals surface area contributed by atoms with Crippen LogP contribution in [0, 0.1) is 0 Å². The molecule has 0 radical (unpaired) electrons. The van der Waals surface area contributed by atoms with Gasteiger partial charge in [-0.2, -0.15) is 0 Å². The number of nitrogens with one attached hydrogen (secondary N) is 2. The summed E-state index contributed by atoms with van der Waals surface area (Å²) in [5.41, 5.74) is 5.47. The highest BCUT2D eigenvalue weighted by atomic mass is 16.1. The van der Waals surface area contributed by atoms with Crippen molar-refractivity contribution in [1.82, 2.24) is 10.3 Å². The Balaban J connectivity index is 1.81. The number of hydrogen-bond acceptors (Lipinski definition) is 4. The number of amides is 1. The second kappa shape index (κ2) is 5.63. The molecule has 5 nitrogen and oxygen atoms in total. The van der Waals surface area contributed by atoms with E-state index < -0.39 is 5.91 Å². The fourth-order valence-electron chi connectivity index (χ4n) is 2.05. The van der Waals surface area contributed by atoms with E-state index in [0.717, 1.165) is 19.5 Å². The van der Waals surface area contributed by atoms with Crippen LogP contribution in [0.5, 0.6) is 0 Å². The summed E-state index contributed by atoms with van der Waals surface area (Å²) in [6, 6.07) is 5.85. The van der Waals surface area contributed by atoms with Gasteiger partial charge in [-0.3, -0.25) is 4.79 Å². The van der Waals surface area contributed by atoms with Gasteiger partial charge in [0.15, 0.2) is 0 Å². The smallest absolute Gasteiger partial charge is 0.267 e. The van der Waals surface area contributed by atoms with Gasteiger partial charge >= 0.3 is 0 Å². The largest absolute Gasteiger partial charge is 0.370 e. The fourth-order valence-corrected chi connectivity index (χ4v) is 2.05. The monoisotopic (exact) mass is 234 g/mol. The van der Waals surface area contributed by atoms with Crippen molar-refractivity contribution in [2.24, 2.45) is 5.73 Å². The lowest BCUT2D eigenvalue weighted by atomic mass is 10.1. The van der Waals surface area contributed by atoms with Gasteiger partial charge in [-0.1, -0.05) is 6.07 Å². The zero-order chi connectivity index (χ0) is 12.1. The zero-order valence-corrected chi connectivity index (χ0v) is 9.78. The minimum atomic E-state index is -0.494. The van der Waals surface area contributed by atoms with Gasteiger partial charge in [0.2, 0.25) is 0 Å².